The molecule has 0 aromatic carbocycles. The molecule has 4 nitrogen and oxygen atoms in total. The Morgan fingerprint density at radius 3 is 1.33 bits per heavy atom. The van der Waals surface area contributed by atoms with Gasteiger partial charge in [-0.25, -0.2) is 0 Å². The van der Waals surface area contributed by atoms with Gasteiger partial charge in [0.1, 0.15) is 0 Å². The normalized spacial score (nSPS) is 4.78. The van der Waals surface area contributed by atoms with Crippen molar-refractivity contribution >= 4 is 24.8 Å². The molecule has 0 heterocycles. The molecule has 0 saturated heterocycles. The molecule has 0 rings (SSSR count). The number of aliphatic hydroxyl groups is 1. The van der Waals surface area contributed by atoms with Crippen LogP contribution in [-0.2, 0) is 22.7 Å². The Balaban J connectivity index is -0.0000000233. The van der Waals surface area contributed by atoms with Crippen LogP contribution in [0.15, 0.2) is 0 Å². The average Bonchev–Trinajstić information content (AvgIpc) is 1.33. The quantitative estimate of drug-likeness (QED) is 0.603. The Hall–Kier alpha value is 0.684. The molecular weight excluding hydrogens is 210 g/mol. The summed E-state index contributed by atoms with van der Waals surface area (Å²) in [5, 5.41) is 7.57. The first kappa shape index (κ1) is 22.6. The van der Waals surface area contributed by atoms with Gasteiger partial charge in [0.2, 0.25) is 0 Å². The molecule has 0 unspecified atom stereocenters. The second kappa shape index (κ2) is 23.4. The van der Waals surface area contributed by atoms with Crippen molar-refractivity contribution in [1.82, 2.24) is 0 Å². The summed E-state index contributed by atoms with van der Waals surface area (Å²) >= 11 is -3.69. The fourth-order valence-electron chi connectivity index (χ4n) is 0. The van der Waals surface area contributed by atoms with Gasteiger partial charge in [-0.3, -0.25) is 0 Å². The van der Waals surface area contributed by atoms with Gasteiger partial charge in [-0.1, -0.05) is 0 Å². The van der Waals surface area contributed by atoms with Gasteiger partial charge in [0.15, 0.2) is 0 Å². The summed E-state index contributed by atoms with van der Waals surface area (Å²) in [5.74, 6) is 0. The number of hydrogen-bond donors (Lipinski definition) is 2. The van der Waals surface area contributed by atoms with Crippen LogP contribution in [0.3, 0.4) is 0 Å². The summed E-state index contributed by atoms with van der Waals surface area (Å²) in [6.45, 7) is 1.93. The maximum absolute atomic E-state index is 8.67. The standard InChI is InChI=1S/C2H6O.2ClH.H2O.2O.V/c1-2-3;;;;;;/h3H,2H2,1H3;2*1H;1H2;;;/q;;;;;;+1/p-1. The van der Waals surface area contributed by atoms with Crippen LogP contribution < -0.4 is 0 Å². The van der Waals surface area contributed by atoms with Crippen molar-refractivity contribution in [3.05, 3.63) is 0 Å². The van der Waals surface area contributed by atoms with E-state index in [9.17, 15) is 0 Å². The summed E-state index contributed by atoms with van der Waals surface area (Å²) in [4.78, 5) is 0. The van der Waals surface area contributed by atoms with Crippen molar-refractivity contribution in [2.24, 2.45) is 0 Å². The van der Waals surface area contributed by atoms with Crippen LogP contribution in [0.2, 0.25) is 0 Å². The number of rotatable bonds is 0. The summed E-state index contributed by atoms with van der Waals surface area (Å²) in [7, 11) is 0. The van der Waals surface area contributed by atoms with E-state index in [2.05, 4.69) is 0 Å². The van der Waals surface area contributed by atoms with E-state index in [1.54, 1.807) is 6.92 Å². The molecule has 0 radical (unpaired) electrons. The molecule has 0 fully saturated rings. The summed E-state index contributed by atoms with van der Waals surface area (Å²) in [6, 6.07) is 0. The van der Waals surface area contributed by atoms with Crippen molar-refractivity contribution in [1.29, 1.82) is 0 Å². The van der Waals surface area contributed by atoms with E-state index in [0.29, 0.717) is 0 Å². The van der Waals surface area contributed by atoms with Gasteiger partial charge in [0.25, 0.3) is 0 Å². The zero-order valence-electron chi connectivity index (χ0n) is 4.68. The SMILES string of the molecule is CCO.Cl.Cl.[O]=[V](=[O])[OH]. The first-order valence-corrected chi connectivity index (χ1v) is 3.35. The van der Waals surface area contributed by atoms with Crippen LogP contribution >= 0.6 is 24.8 Å². The molecular formula is C2H9Cl2O4V. The topological polar surface area (TPSA) is 74.6 Å². The summed E-state index contributed by atoms with van der Waals surface area (Å²) in [5.41, 5.74) is 0. The van der Waals surface area contributed by atoms with Gasteiger partial charge in [0, 0.05) is 6.61 Å². The molecule has 7 heteroatoms. The van der Waals surface area contributed by atoms with Gasteiger partial charge in [0.05, 0.1) is 0 Å². The van der Waals surface area contributed by atoms with Crippen molar-refractivity contribution < 1.29 is 31.9 Å². The Morgan fingerprint density at radius 2 is 1.33 bits per heavy atom. The molecule has 0 atom stereocenters. The molecule has 0 spiro atoms. The molecule has 0 aliphatic carbocycles. The summed E-state index contributed by atoms with van der Waals surface area (Å²) < 4.78 is 24.4. The first-order valence-electron chi connectivity index (χ1n) is 1.59. The molecule has 0 bridgehead atoms. The molecule has 0 saturated carbocycles. The zero-order chi connectivity index (χ0) is 6.28. The molecule has 2 N–H and O–H groups in total. The van der Waals surface area contributed by atoms with Gasteiger partial charge in [-0.2, -0.15) is 0 Å². The van der Waals surface area contributed by atoms with Crippen LogP contribution in [0.25, 0.3) is 0 Å². The van der Waals surface area contributed by atoms with E-state index >= 15 is 0 Å². The summed E-state index contributed by atoms with van der Waals surface area (Å²) in [6.07, 6.45) is 0. The third-order valence-corrected chi connectivity index (χ3v) is 0. The molecule has 0 aromatic heterocycles. The monoisotopic (exact) mass is 218 g/mol. The van der Waals surface area contributed by atoms with Crippen LogP contribution in [0.5, 0.6) is 0 Å². The van der Waals surface area contributed by atoms with Gasteiger partial charge >= 0.3 is 26.8 Å². The second-order valence-electron chi connectivity index (χ2n) is 0.554. The van der Waals surface area contributed by atoms with Gasteiger partial charge in [-0.15, -0.1) is 24.8 Å². The molecule has 9 heavy (non-hydrogen) atoms. The van der Waals surface area contributed by atoms with Crippen molar-refractivity contribution in [2.45, 2.75) is 6.92 Å². The third kappa shape index (κ3) is 828. The first-order chi connectivity index (χ1) is 3.15. The molecule has 60 valence electrons. The minimum atomic E-state index is -3.69. The van der Waals surface area contributed by atoms with E-state index in [4.69, 9.17) is 16.5 Å². The van der Waals surface area contributed by atoms with E-state index < -0.39 is 15.4 Å². The van der Waals surface area contributed by atoms with Gasteiger partial charge in [-0.05, 0) is 6.92 Å². The Labute approximate surface area is 70.5 Å². The van der Waals surface area contributed by atoms with Crippen LogP contribution in [0.1, 0.15) is 6.92 Å². The molecule has 0 aliphatic heterocycles. The van der Waals surface area contributed by atoms with Gasteiger partial charge < -0.3 is 5.11 Å². The zero-order valence-corrected chi connectivity index (χ0v) is 7.71. The number of aliphatic hydroxyl groups excluding tert-OH is 1. The van der Waals surface area contributed by atoms with E-state index in [1.807, 2.05) is 0 Å². The average molecular weight is 219 g/mol. The molecule has 0 aromatic rings. The van der Waals surface area contributed by atoms with Crippen molar-refractivity contribution in [3.8, 4) is 0 Å². The Bertz CT molecular complexity index is 74.6. The maximum atomic E-state index is 8.67. The Morgan fingerprint density at radius 1 is 1.33 bits per heavy atom. The van der Waals surface area contributed by atoms with E-state index in [-0.39, 0.29) is 31.4 Å². The number of halogens is 2. The fraction of sp³-hybridized carbons (Fsp3) is 1.00. The third-order valence-electron chi connectivity index (χ3n) is 0. The minimum absolute atomic E-state index is 0. The predicted molar refractivity (Wildman–Crippen MR) is 30.8 cm³/mol. The fourth-order valence-corrected chi connectivity index (χ4v) is 0. The second-order valence-corrected chi connectivity index (χ2v) is 1.30. The van der Waals surface area contributed by atoms with E-state index in [1.165, 1.54) is 0 Å². The van der Waals surface area contributed by atoms with Crippen LogP contribution in [0.4, 0.5) is 0 Å². The van der Waals surface area contributed by atoms with Crippen molar-refractivity contribution in [2.75, 3.05) is 6.61 Å². The van der Waals surface area contributed by atoms with Crippen LogP contribution in [-0.4, -0.2) is 15.7 Å². The Kier molecular flexibility index (Phi) is 58.7. The molecule has 0 aliphatic rings. The van der Waals surface area contributed by atoms with Crippen molar-refractivity contribution in [3.63, 3.8) is 0 Å². The van der Waals surface area contributed by atoms with E-state index in [0.717, 1.165) is 0 Å². The van der Waals surface area contributed by atoms with Crippen LogP contribution in [0, 0.1) is 0 Å². The predicted octanol–water partition coefficient (Wildman–Crippen LogP) is 0.0451. The molecule has 0 amide bonds. The number of hydrogen-bond acceptors (Lipinski definition) is 3.